The number of hydrogen-bond donors (Lipinski definition) is 2. The zero-order valence-electron chi connectivity index (χ0n) is 15.2. The average molecular weight is 474 g/mol. The monoisotopic (exact) mass is 474 g/mol. The van der Waals surface area contributed by atoms with Gasteiger partial charge >= 0.3 is 0 Å². The van der Waals surface area contributed by atoms with E-state index in [1.54, 1.807) is 7.05 Å². The minimum absolute atomic E-state index is 0. The highest BCUT2D eigenvalue weighted by Crippen LogP contribution is 2.09. The molecule has 0 atom stereocenters. The second-order valence-corrected chi connectivity index (χ2v) is 6.07. The van der Waals surface area contributed by atoms with Crippen molar-refractivity contribution in [1.29, 1.82) is 0 Å². The molecule has 0 aliphatic rings. The maximum absolute atomic E-state index is 13.6. The Balaban J connectivity index is 0.00000338. The number of nitrogens with one attached hydrogen (secondary N) is 2. The number of benzene rings is 2. The Hall–Kier alpha value is -1.74. The van der Waals surface area contributed by atoms with Gasteiger partial charge in [0.1, 0.15) is 11.6 Å². The molecule has 2 N–H and O–H groups in total. The Morgan fingerprint density at radius 1 is 0.962 bits per heavy atom. The molecule has 7 heteroatoms. The molecule has 0 unspecified atom stereocenters. The first-order valence-electron chi connectivity index (χ1n) is 8.09. The number of aliphatic imine (C=N–C) groups is 1. The molecule has 0 saturated heterocycles. The van der Waals surface area contributed by atoms with Gasteiger partial charge in [-0.1, -0.05) is 24.3 Å². The van der Waals surface area contributed by atoms with Crippen molar-refractivity contribution in [3.05, 3.63) is 70.8 Å². The standard InChI is InChI=1S/C19H24F2N4.HI/c1-22-19(24-12-16-10-17(20)8-9-18(16)21)23-11-14-4-6-15(7-5-14)13-25(2)3;/h4-10H,11-13H2,1-3H3,(H2,22,23,24);1H. The highest BCUT2D eigenvalue weighted by molar-refractivity contribution is 14.0. The van der Waals surface area contributed by atoms with Gasteiger partial charge in [0.05, 0.1) is 0 Å². The van der Waals surface area contributed by atoms with Crippen molar-refractivity contribution in [1.82, 2.24) is 15.5 Å². The zero-order valence-corrected chi connectivity index (χ0v) is 17.6. The normalized spacial score (nSPS) is 11.2. The van der Waals surface area contributed by atoms with Crippen LogP contribution in [0.1, 0.15) is 16.7 Å². The van der Waals surface area contributed by atoms with Gasteiger partial charge in [-0.3, -0.25) is 4.99 Å². The Morgan fingerprint density at radius 3 is 2.19 bits per heavy atom. The van der Waals surface area contributed by atoms with Gasteiger partial charge in [-0.25, -0.2) is 8.78 Å². The van der Waals surface area contributed by atoms with Gasteiger partial charge in [-0.05, 0) is 43.4 Å². The van der Waals surface area contributed by atoms with Crippen molar-refractivity contribution in [2.75, 3.05) is 21.1 Å². The fourth-order valence-electron chi connectivity index (χ4n) is 2.39. The summed E-state index contributed by atoms with van der Waals surface area (Å²) in [5.74, 6) is -0.374. The van der Waals surface area contributed by atoms with Gasteiger partial charge in [0.15, 0.2) is 5.96 Å². The summed E-state index contributed by atoms with van der Waals surface area (Å²) in [6, 6.07) is 11.7. The second-order valence-electron chi connectivity index (χ2n) is 6.07. The molecular formula is C19H25F2IN4. The molecule has 26 heavy (non-hydrogen) atoms. The summed E-state index contributed by atoms with van der Waals surface area (Å²) in [6.45, 7) is 1.65. The third-order valence-corrected chi connectivity index (χ3v) is 3.66. The van der Waals surface area contributed by atoms with Gasteiger partial charge in [0.2, 0.25) is 0 Å². The number of nitrogens with zero attached hydrogens (tertiary/aromatic N) is 2. The number of rotatable bonds is 6. The first kappa shape index (κ1) is 22.3. The van der Waals surface area contributed by atoms with E-state index in [2.05, 4.69) is 44.8 Å². The van der Waals surface area contributed by atoms with Crippen LogP contribution >= 0.6 is 24.0 Å². The third kappa shape index (κ3) is 7.25. The molecule has 0 heterocycles. The van der Waals surface area contributed by atoms with Crippen LogP contribution in [0.4, 0.5) is 8.78 Å². The predicted molar refractivity (Wildman–Crippen MR) is 113 cm³/mol. The van der Waals surface area contributed by atoms with Crippen molar-refractivity contribution in [3.63, 3.8) is 0 Å². The van der Waals surface area contributed by atoms with E-state index in [0.717, 1.165) is 24.2 Å². The van der Waals surface area contributed by atoms with Gasteiger partial charge in [-0.15, -0.1) is 24.0 Å². The quantitative estimate of drug-likeness (QED) is 0.383. The molecule has 2 rings (SSSR count). The minimum Gasteiger partial charge on any atom is -0.352 e. The Bertz CT molecular complexity index is 718. The molecule has 0 bridgehead atoms. The molecule has 0 saturated carbocycles. The smallest absolute Gasteiger partial charge is 0.191 e. The zero-order chi connectivity index (χ0) is 18.2. The lowest BCUT2D eigenvalue weighted by Gasteiger charge is -2.13. The van der Waals surface area contributed by atoms with Crippen LogP contribution in [-0.4, -0.2) is 32.0 Å². The summed E-state index contributed by atoms with van der Waals surface area (Å²) >= 11 is 0. The molecule has 4 nitrogen and oxygen atoms in total. The van der Waals surface area contributed by atoms with Crippen molar-refractivity contribution < 1.29 is 8.78 Å². The molecule has 2 aromatic rings. The molecule has 0 amide bonds. The van der Waals surface area contributed by atoms with Crippen LogP contribution in [0.2, 0.25) is 0 Å². The predicted octanol–water partition coefficient (Wildman–Crippen LogP) is 3.51. The van der Waals surface area contributed by atoms with E-state index >= 15 is 0 Å². The average Bonchev–Trinajstić information content (AvgIpc) is 2.58. The van der Waals surface area contributed by atoms with Crippen molar-refractivity contribution >= 4 is 29.9 Å². The van der Waals surface area contributed by atoms with E-state index in [1.165, 1.54) is 11.6 Å². The lowest BCUT2D eigenvalue weighted by Crippen LogP contribution is -2.36. The van der Waals surface area contributed by atoms with Gasteiger partial charge in [0.25, 0.3) is 0 Å². The van der Waals surface area contributed by atoms with Gasteiger partial charge in [-0.2, -0.15) is 0 Å². The highest BCUT2D eigenvalue weighted by Gasteiger charge is 2.05. The summed E-state index contributed by atoms with van der Waals surface area (Å²) in [7, 11) is 5.70. The van der Waals surface area contributed by atoms with Gasteiger partial charge in [0, 0.05) is 32.2 Å². The van der Waals surface area contributed by atoms with E-state index in [1.807, 2.05) is 14.1 Å². The minimum atomic E-state index is -0.459. The summed E-state index contributed by atoms with van der Waals surface area (Å²) in [6.07, 6.45) is 0. The largest absolute Gasteiger partial charge is 0.352 e. The van der Waals surface area contributed by atoms with Crippen LogP contribution in [0.25, 0.3) is 0 Å². The first-order chi connectivity index (χ1) is 12.0. The lowest BCUT2D eigenvalue weighted by molar-refractivity contribution is 0.402. The van der Waals surface area contributed by atoms with E-state index < -0.39 is 11.6 Å². The SMILES string of the molecule is CN=C(NCc1ccc(CN(C)C)cc1)NCc1cc(F)ccc1F.I. The summed E-state index contributed by atoms with van der Waals surface area (Å²) in [5.41, 5.74) is 2.62. The van der Waals surface area contributed by atoms with Crippen molar-refractivity contribution in [2.45, 2.75) is 19.6 Å². The van der Waals surface area contributed by atoms with E-state index in [0.29, 0.717) is 12.5 Å². The van der Waals surface area contributed by atoms with Crippen LogP contribution in [0.15, 0.2) is 47.5 Å². The maximum Gasteiger partial charge on any atom is 0.191 e. The Morgan fingerprint density at radius 2 is 1.58 bits per heavy atom. The number of halogens is 3. The van der Waals surface area contributed by atoms with Crippen LogP contribution in [-0.2, 0) is 19.6 Å². The Labute approximate surface area is 170 Å². The molecule has 142 valence electrons. The van der Waals surface area contributed by atoms with Crippen LogP contribution in [0.3, 0.4) is 0 Å². The second kappa shape index (κ2) is 11.1. The first-order valence-corrected chi connectivity index (χ1v) is 8.09. The molecule has 2 aromatic carbocycles. The molecule has 0 spiro atoms. The van der Waals surface area contributed by atoms with Crippen LogP contribution < -0.4 is 10.6 Å². The summed E-state index contributed by atoms with van der Waals surface area (Å²) in [5, 5.41) is 6.15. The number of hydrogen-bond acceptors (Lipinski definition) is 2. The summed E-state index contributed by atoms with van der Waals surface area (Å²) < 4.78 is 26.8. The Kier molecular flexibility index (Phi) is 9.50. The third-order valence-electron chi connectivity index (χ3n) is 3.66. The summed E-state index contributed by atoms with van der Waals surface area (Å²) in [4.78, 5) is 6.21. The van der Waals surface area contributed by atoms with Crippen molar-refractivity contribution in [2.24, 2.45) is 4.99 Å². The van der Waals surface area contributed by atoms with E-state index in [9.17, 15) is 8.78 Å². The van der Waals surface area contributed by atoms with E-state index in [-0.39, 0.29) is 36.1 Å². The fourth-order valence-corrected chi connectivity index (χ4v) is 2.39. The lowest BCUT2D eigenvalue weighted by atomic mass is 10.1. The van der Waals surface area contributed by atoms with Gasteiger partial charge < -0.3 is 15.5 Å². The fraction of sp³-hybridized carbons (Fsp3) is 0.316. The molecule has 0 aliphatic carbocycles. The topological polar surface area (TPSA) is 39.7 Å². The molecule has 0 radical (unpaired) electrons. The molecule has 0 aromatic heterocycles. The van der Waals surface area contributed by atoms with E-state index in [4.69, 9.17) is 0 Å². The highest BCUT2D eigenvalue weighted by atomic mass is 127. The van der Waals surface area contributed by atoms with Crippen LogP contribution in [0, 0.1) is 11.6 Å². The number of guanidine groups is 1. The molecule has 0 aliphatic heterocycles. The maximum atomic E-state index is 13.6. The molecular weight excluding hydrogens is 449 g/mol. The molecule has 0 fully saturated rings. The van der Waals surface area contributed by atoms with Crippen LogP contribution in [0.5, 0.6) is 0 Å². The van der Waals surface area contributed by atoms with Crippen molar-refractivity contribution in [3.8, 4) is 0 Å².